The van der Waals surface area contributed by atoms with Gasteiger partial charge in [0.25, 0.3) is 0 Å². The molecule has 4 heteroatoms. The van der Waals surface area contributed by atoms with Crippen molar-refractivity contribution in [1.29, 1.82) is 0 Å². The fourth-order valence-corrected chi connectivity index (χ4v) is 2.56. The van der Waals surface area contributed by atoms with Crippen LogP contribution < -0.4 is 5.32 Å². The van der Waals surface area contributed by atoms with Crippen molar-refractivity contribution in [3.8, 4) is 0 Å². The van der Waals surface area contributed by atoms with Crippen molar-refractivity contribution in [2.24, 2.45) is 5.92 Å². The number of rotatable bonds is 10. The molecule has 1 rings (SSSR count). The van der Waals surface area contributed by atoms with E-state index in [2.05, 4.69) is 10.2 Å². The van der Waals surface area contributed by atoms with E-state index in [4.69, 9.17) is 9.47 Å². The molecule has 1 saturated heterocycles. The van der Waals surface area contributed by atoms with E-state index < -0.39 is 0 Å². The quantitative estimate of drug-likeness (QED) is 0.592. The Bertz CT molecular complexity index is 190. The summed E-state index contributed by atoms with van der Waals surface area (Å²) in [6.07, 6.45) is 4.91. The van der Waals surface area contributed by atoms with Gasteiger partial charge < -0.3 is 19.7 Å². The van der Waals surface area contributed by atoms with Crippen LogP contribution in [-0.2, 0) is 9.47 Å². The van der Waals surface area contributed by atoms with Gasteiger partial charge in [0.15, 0.2) is 0 Å². The Morgan fingerprint density at radius 1 is 0.958 bits per heavy atom. The van der Waals surface area contributed by atoms with Gasteiger partial charge in [-0.3, -0.25) is 0 Å². The van der Waals surface area contributed by atoms with Crippen LogP contribution in [-0.4, -0.2) is 65.1 Å². The monoisotopic (exact) mass is 348 g/mol. The maximum Gasteiger partial charge on any atom is 0.0593 e. The van der Waals surface area contributed by atoms with Crippen molar-refractivity contribution in [1.82, 2.24) is 10.2 Å². The largest absolute Gasteiger partial charge is 0.385 e. The Labute approximate surface area is 153 Å². The van der Waals surface area contributed by atoms with E-state index in [-0.39, 0.29) is 0 Å². The van der Waals surface area contributed by atoms with Gasteiger partial charge in [-0.2, -0.15) is 0 Å². The van der Waals surface area contributed by atoms with Crippen molar-refractivity contribution in [3.05, 3.63) is 0 Å². The summed E-state index contributed by atoms with van der Waals surface area (Å²) < 4.78 is 10.7. The molecule has 1 fully saturated rings. The highest BCUT2D eigenvalue weighted by atomic mass is 16.5. The lowest BCUT2D eigenvalue weighted by molar-refractivity contribution is 0.0793. The SMILES string of the molecule is CC.CC.CC.CNCC1CCCN(CCOCCCCOC)C1. The number of nitrogens with one attached hydrogen (secondary N) is 1. The molecular formula is C20H48N2O2. The van der Waals surface area contributed by atoms with Gasteiger partial charge in [-0.15, -0.1) is 0 Å². The number of nitrogens with zero attached hydrogens (tertiary/aromatic N) is 1. The Morgan fingerprint density at radius 2 is 1.58 bits per heavy atom. The fraction of sp³-hybridized carbons (Fsp3) is 1.00. The molecule has 0 aromatic heterocycles. The molecule has 24 heavy (non-hydrogen) atoms. The lowest BCUT2D eigenvalue weighted by Gasteiger charge is -2.32. The van der Waals surface area contributed by atoms with Gasteiger partial charge in [0.2, 0.25) is 0 Å². The van der Waals surface area contributed by atoms with E-state index in [1.165, 1.54) is 25.9 Å². The molecule has 0 saturated carbocycles. The van der Waals surface area contributed by atoms with Gasteiger partial charge in [-0.05, 0) is 51.7 Å². The molecule has 0 aromatic carbocycles. The van der Waals surface area contributed by atoms with Gasteiger partial charge in [-0.25, -0.2) is 0 Å². The third kappa shape index (κ3) is 19.9. The van der Waals surface area contributed by atoms with Crippen LogP contribution >= 0.6 is 0 Å². The van der Waals surface area contributed by atoms with Crippen LogP contribution in [0.25, 0.3) is 0 Å². The fourth-order valence-electron chi connectivity index (χ4n) is 2.56. The molecule has 1 aliphatic heterocycles. The molecule has 1 N–H and O–H groups in total. The first-order chi connectivity index (χ1) is 11.9. The van der Waals surface area contributed by atoms with Crippen molar-refractivity contribution in [2.45, 2.75) is 67.2 Å². The van der Waals surface area contributed by atoms with Gasteiger partial charge in [0.1, 0.15) is 0 Å². The summed E-state index contributed by atoms with van der Waals surface area (Å²) in [7, 11) is 3.79. The number of likely N-dealkylation sites (tertiary alicyclic amines) is 1. The van der Waals surface area contributed by atoms with Crippen LogP contribution in [0.5, 0.6) is 0 Å². The standard InChI is InChI=1S/C14H30N2O2.3C2H6/c1-15-12-14-6-5-7-16(13-14)8-11-18-10-4-3-9-17-2;3*1-2/h14-15H,3-13H2,1-2H3;3*1-2H3. The van der Waals surface area contributed by atoms with Crippen molar-refractivity contribution < 1.29 is 9.47 Å². The predicted molar refractivity (Wildman–Crippen MR) is 109 cm³/mol. The normalized spacial score (nSPS) is 16.8. The number of methoxy groups -OCH3 is 1. The molecule has 4 nitrogen and oxygen atoms in total. The van der Waals surface area contributed by atoms with Gasteiger partial charge >= 0.3 is 0 Å². The average Bonchev–Trinajstić information content (AvgIpc) is 2.66. The Kier molecular flexibility index (Phi) is 33.0. The third-order valence-electron chi connectivity index (χ3n) is 3.53. The molecule has 0 radical (unpaired) electrons. The highest BCUT2D eigenvalue weighted by Crippen LogP contribution is 2.15. The third-order valence-corrected chi connectivity index (χ3v) is 3.53. The summed E-state index contributed by atoms with van der Waals surface area (Å²) in [5.74, 6) is 0.824. The zero-order valence-electron chi connectivity index (χ0n) is 18.1. The maximum atomic E-state index is 5.67. The molecular weight excluding hydrogens is 300 g/mol. The van der Waals surface area contributed by atoms with Crippen LogP contribution in [0.2, 0.25) is 0 Å². The highest BCUT2D eigenvalue weighted by molar-refractivity contribution is 4.73. The summed E-state index contributed by atoms with van der Waals surface area (Å²) in [6.45, 7) is 19.3. The van der Waals surface area contributed by atoms with Crippen LogP contribution in [0.1, 0.15) is 67.2 Å². The number of hydrogen-bond acceptors (Lipinski definition) is 4. The van der Waals surface area contributed by atoms with Gasteiger partial charge in [0.05, 0.1) is 6.61 Å². The molecule has 1 unspecified atom stereocenters. The molecule has 0 spiro atoms. The molecule has 0 aliphatic carbocycles. The van der Waals surface area contributed by atoms with Crippen molar-refractivity contribution >= 4 is 0 Å². The average molecular weight is 349 g/mol. The second-order valence-electron chi connectivity index (χ2n) is 5.18. The minimum atomic E-state index is 0.824. The smallest absolute Gasteiger partial charge is 0.0593 e. The Hall–Kier alpha value is -0.160. The lowest BCUT2D eigenvalue weighted by atomic mass is 9.98. The van der Waals surface area contributed by atoms with Crippen LogP contribution in [0.15, 0.2) is 0 Å². The van der Waals surface area contributed by atoms with Crippen LogP contribution in [0.3, 0.4) is 0 Å². The molecule has 0 aromatic rings. The number of ether oxygens (including phenoxy) is 2. The van der Waals surface area contributed by atoms with E-state index in [9.17, 15) is 0 Å². The summed E-state index contributed by atoms with van der Waals surface area (Å²) >= 11 is 0. The first-order valence-electron chi connectivity index (χ1n) is 10.3. The zero-order valence-corrected chi connectivity index (χ0v) is 18.1. The summed E-state index contributed by atoms with van der Waals surface area (Å²) in [6, 6.07) is 0. The molecule has 150 valence electrons. The number of unbranched alkanes of at least 4 members (excludes halogenated alkanes) is 1. The first-order valence-corrected chi connectivity index (χ1v) is 10.3. The molecule has 0 amide bonds. The van der Waals surface area contributed by atoms with Gasteiger partial charge in [0, 0.05) is 33.4 Å². The second-order valence-corrected chi connectivity index (χ2v) is 5.18. The maximum absolute atomic E-state index is 5.67. The van der Waals surface area contributed by atoms with E-state index >= 15 is 0 Å². The molecule has 1 atom stereocenters. The Balaban J connectivity index is -0.000000659. The Morgan fingerprint density at radius 3 is 2.17 bits per heavy atom. The lowest BCUT2D eigenvalue weighted by Crippen LogP contribution is -2.40. The van der Waals surface area contributed by atoms with E-state index in [1.54, 1.807) is 7.11 Å². The summed E-state index contributed by atoms with van der Waals surface area (Å²) in [5, 5.41) is 3.28. The minimum Gasteiger partial charge on any atom is -0.385 e. The number of hydrogen-bond donors (Lipinski definition) is 1. The first kappa shape index (κ1) is 28.6. The van der Waals surface area contributed by atoms with Crippen molar-refractivity contribution in [2.75, 3.05) is 60.2 Å². The molecule has 0 bridgehead atoms. The minimum absolute atomic E-state index is 0.824. The van der Waals surface area contributed by atoms with Crippen molar-refractivity contribution in [3.63, 3.8) is 0 Å². The van der Waals surface area contributed by atoms with Gasteiger partial charge in [-0.1, -0.05) is 41.5 Å². The molecule has 1 heterocycles. The number of piperidine rings is 1. The second kappa shape index (κ2) is 27.7. The zero-order chi connectivity index (χ0) is 19.1. The van der Waals surface area contributed by atoms with E-state index in [0.717, 1.165) is 51.7 Å². The summed E-state index contributed by atoms with van der Waals surface area (Å²) in [4.78, 5) is 2.54. The predicted octanol–water partition coefficient (Wildman–Crippen LogP) is 4.44. The van der Waals surface area contributed by atoms with Crippen LogP contribution in [0, 0.1) is 5.92 Å². The molecule has 1 aliphatic rings. The van der Waals surface area contributed by atoms with Crippen LogP contribution in [0.4, 0.5) is 0 Å². The topological polar surface area (TPSA) is 33.7 Å². The highest BCUT2D eigenvalue weighted by Gasteiger charge is 2.18. The van der Waals surface area contributed by atoms with E-state index in [1.807, 2.05) is 48.6 Å². The summed E-state index contributed by atoms with van der Waals surface area (Å²) in [5.41, 5.74) is 0. The van der Waals surface area contributed by atoms with E-state index in [0.29, 0.717) is 0 Å².